The van der Waals surface area contributed by atoms with Gasteiger partial charge in [-0.15, -0.1) is 0 Å². The van der Waals surface area contributed by atoms with E-state index in [1.54, 1.807) is 7.11 Å². The van der Waals surface area contributed by atoms with Crippen LogP contribution in [0.25, 0.3) is 11.6 Å². The molecule has 0 radical (unpaired) electrons. The van der Waals surface area contributed by atoms with E-state index < -0.39 is 4.92 Å². The molecule has 23 heavy (non-hydrogen) atoms. The SMILES string of the molecule is CCCN1c2cc(OC)c(/C=C/[N+](=O)[O-])cc2C(C)=CC1(C)C. The van der Waals surface area contributed by atoms with E-state index in [0.29, 0.717) is 11.3 Å². The summed E-state index contributed by atoms with van der Waals surface area (Å²) in [4.78, 5) is 12.5. The molecule has 0 aromatic heterocycles. The number of nitrogens with zero attached hydrogens (tertiary/aromatic N) is 2. The van der Waals surface area contributed by atoms with Crippen molar-refractivity contribution in [1.29, 1.82) is 0 Å². The number of methoxy groups -OCH3 is 1. The number of anilines is 1. The Balaban J connectivity index is 2.62. The lowest BCUT2D eigenvalue weighted by Gasteiger charge is -2.43. The molecule has 5 nitrogen and oxygen atoms in total. The normalized spacial score (nSPS) is 16.2. The summed E-state index contributed by atoms with van der Waals surface area (Å²) in [6.07, 6.45) is 5.72. The van der Waals surface area contributed by atoms with Gasteiger partial charge < -0.3 is 9.64 Å². The van der Waals surface area contributed by atoms with E-state index in [2.05, 4.69) is 38.7 Å². The minimum absolute atomic E-state index is 0.0731. The van der Waals surface area contributed by atoms with Crippen LogP contribution < -0.4 is 9.64 Å². The van der Waals surface area contributed by atoms with Gasteiger partial charge in [0, 0.05) is 35.5 Å². The molecule has 0 atom stereocenters. The fourth-order valence-electron chi connectivity index (χ4n) is 3.20. The Morgan fingerprint density at radius 1 is 1.39 bits per heavy atom. The molecule has 0 bridgehead atoms. The van der Waals surface area contributed by atoms with Gasteiger partial charge in [0.05, 0.1) is 17.6 Å². The maximum Gasteiger partial charge on any atom is 0.235 e. The lowest BCUT2D eigenvalue weighted by molar-refractivity contribution is -0.400. The maximum atomic E-state index is 10.6. The summed E-state index contributed by atoms with van der Waals surface area (Å²) in [6.45, 7) is 9.57. The molecule has 0 unspecified atom stereocenters. The van der Waals surface area contributed by atoms with Crippen LogP contribution in [0.2, 0.25) is 0 Å². The average molecular weight is 316 g/mol. The van der Waals surface area contributed by atoms with Crippen LogP contribution in [0.1, 0.15) is 45.2 Å². The van der Waals surface area contributed by atoms with Crippen LogP contribution in [0.3, 0.4) is 0 Å². The molecule has 2 rings (SSSR count). The zero-order valence-electron chi connectivity index (χ0n) is 14.4. The molecule has 1 aliphatic rings. The highest BCUT2D eigenvalue weighted by Crippen LogP contribution is 2.42. The fourth-order valence-corrected chi connectivity index (χ4v) is 3.20. The number of hydrogen-bond acceptors (Lipinski definition) is 4. The van der Waals surface area contributed by atoms with Gasteiger partial charge in [0.15, 0.2) is 0 Å². The van der Waals surface area contributed by atoms with Crippen molar-refractivity contribution in [3.8, 4) is 5.75 Å². The van der Waals surface area contributed by atoms with Gasteiger partial charge in [-0.25, -0.2) is 0 Å². The second kappa shape index (κ2) is 6.44. The molecule has 124 valence electrons. The number of allylic oxidation sites excluding steroid dienone is 1. The third kappa shape index (κ3) is 3.38. The lowest BCUT2D eigenvalue weighted by atomic mass is 9.87. The van der Waals surface area contributed by atoms with Gasteiger partial charge in [0.2, 0.25) is 6.20 Å². The predicted octanol–water partition coefficient (Wildman–Crippen LogP) is 4.35. The van der Waals surface area contributed by atoms with Crippen molar-refractivity contribution in [2.24, 2.45) is 0 Å². The van der Waals surface area contributed by atoms with E-state index in [-0.39, 0.29) is 5.54 Å². The van der Waals surface area contributed by atoms with Gasteiger partial charge in [0.1, 0.15) is 5.75 Å². The third-order valence-corrected chi connectivity index (χ3v) is 4.15. The maximum absolute atomic E-state index is 10.6. The summed E-state index contributed by atoms with van der Waals surface area (Å²) < 4.78 is 5.45. The van der Waals surface area contributed by atoms with Gasteiger partial charge in [-0.1, -0.05) is 13.0 Å². The molecule has 0 saturated heterocycles. The summed E-state index contributed by atoms with van der Waals surface area (Å²) in [5.74, 6) is 0.647. The Kier molecular flexibility index (Phi) is 4.78. The average Bonchev–Trinajstić information content (AvgIpc) is 2.48. The summed E-state index contributed by atoms with van der Waals surface area (Å²) in [7, 11) is 1.59. The first kappa shape index (κ1) is 17.1. The van der Waals surface area contributed by atoms with Gasteiger partial charge in [-0.2, -0.15) is 0 Å². The smallest absolute Gasteiger partial charge is 0.235 e. The molecular formula is C18H24N2O3. The molecular weight excluding hydrogens is 292 g/mol. The van der Waals surface area contributed by atoms with Crippen molar-refractivity contribution in [1.82, 2.24) is 0 Å². The molecule has 1 heterocycles. The van der Waals surface area contributed by atoms with Crippen LogP contribution >= 0.6 is 0 Å². The molecule has 0 amide bonds. The van der Waals surface area contributed by atoms with Crippen LogP contribution in [0.4, 0.5) is 5.69 Å². The van der Waals surface area contributed by atoms with Gasteiger partial charge in [0.25, 0.3) is 0 Å². The number of fused-ring (bicyclic) bond motifs is 1. The fraction of sp³-hybridized carbons (Fsp3) is 0.444. The summed E-state index contributed by atoms with van der Waals surface area (Å²) >= 11 is 0. The first-order valence-electron chi connectivity index (χ1n) is 7.81. The summed E-state index contributed by atoms with van der Waals surface area (Å²) in [5, 5.41) is 10.6. The van der Waals surface area contributed by atoms with Gasteiger partial charge >= 0.3 is 0 Å². The number of nitro groups is 1. The molecule has 1 aromatic carbocycles. The van der Waals surface area contributed by atoms with Crippen LogP contribution in [-0.4, -0.2) is 24.1 Å². The third-order valence-electron chi connectivity index (χ3n) is 4.15. The van der Waals surface area contributed by atoms with Crippen LogP contribution in [0, 0.1) is 10.1 Å². The Morgan fingerprint density at radius 2 is 2.09 bits per heavy atom. The summed E-state index contributed by atoms with van der Waals surface area (Å²) in [6, 6.07) is 3.96. The topological polar surface area (TPSA) is 55.6 Å². The second-order valence-electron chi connectivity index (χ2n) is 6.35. The van der Waals surface area contributed by atoms with E-state index >= 15 is 0 Å². The predicted molar refractivity (Wildman–Crippen MR) is 94.4 cm³/mol. The van der Waals surface area contributed by atoms with Crippen molar-refractivity contribution < 1.29 is 9.66 Å². The number of benzene rings is 1. The monoisotopic (exact) mass is 316 g/mol. The zero-order valence-corrected chi connectivity index (χ0v) is 14.4. The van der Waals surface area contributed by atoms with Crippen LogP contribution in [0.5, 0.6) is 5.75 Å². The molecule has 0 N–H and O–H groups in total. The van der Waals surface area contributed by atoms with Crippen molar-refractivity contribution in [2.75, 3.05) is 18.6 Å². The Hall–Kier alpha value is -2.30. The summed E-state index contributed by atoms with van der Waals surface area (Å²) in [5.41, 5.74) is 4.03. The Bertz CT molecular complexity index is 675. The number of rotatable bonds is 5. The highest BCUT2D eigenvalue weighted by molar-refractivity contribution is 5.84. The molecule has 0 fully saturated rings. The van der Waals surface area contributed by atoms with Crippen LogP contribution in [-0.2, 0) is 0 Å². The van der Waals surface area contributed by atoms with Gasteiger partial charge in [-0.05, 0) is 38.8 Å². The van der Waals surface area contributed by atoms with E-state index in [9.17, 15) is 10.1 Å². The van der Waals surface area contributed by atoms with E-state index in [4.69, 9.17) is 4.74 Å². The van der Waals surface area contributed by atoms with E-state index in [1.165, 1.54) is 11.6 Å². The second-order valence-corrected chi connectivity index (χ2v) is 6.35. The zero-order chi connectivity index (χ0) is 17.2. The first-order chi connectivity index (χ1) is 10.8. The van der Waals surface area contributed by atoms with Crippen LogP contribution in [0.15, 0.2) is 24.4 Å². The molecule has 0 saturated carbocycles. The standard InChI is InChI=1S/C18H24N2O3/c1-6-8-19-16-11-17(23-5)14(7-9-20(21)22)10-15(16)13(2)12-18(19,3)4/h7,9-12H,6,8H2,1-5H3/b9-7+. The van der Waals surface area contributed by atoms with E-state index in [1.807, 2.05) is 12.1 Å². The molecule has 0 aliphatic carbocycles. The Morgan fingerprint density at radius 3 is 2.65 bits per heavy atom. The molecule has 5 heteroatoms. The van der Waals surface area contributed by atoms with Crippen molar-refractivity contribution in [3.63, 3.8) is 0 Å². The molecule has 1 aromatic rings. The minimum Gasteiger partial charge on any atom is -0.496 e. The molecule has 1 aliphatic heterocycles. The molecule has 0 spiro atoms. The highest BCUT2D eigenvalue weighted by Gasteiger charge is 2.31. The van der Waals surface area contributed by atoms with E-state index in [0.717, 1.165) is 30.4 Å². The van der Waals surface area contributed by atoms with Crippen molar-refractivity contribution >= 4 is 17.3 Å². The highest BCUT2D eigenvalue weighted by atomic mass is 16.6. The quantitative estimate of drug-likeness (QED) is 0.598. The number of ether oxygens (including phenoxy) is 1. The minimum atomic E-state index is -0.464. The first-order valence-corrected chi connectivity index (χ1v) is 7.81. The van der Waals surface area contributed by atoms with Gasteiger partial charge in [-0.3, -0.25) is 10.1 Å². The largest absolute Gasteiger partial charge is 0.496 e. The van der Waals surface area contributed by atoms with Crippen molar-refractivity contribution in [2.45, 2.75) is 39.7 Å². The van der Waals surface area contributed by atoms with Crippen molar-refractivity contribution in [3.05, 3.63) is 45.6 Å². The lowest BCUT2D eigenvalue weighted by Crippen LogP contribution is -2.45. The Labute approximate surface area is 137 Å². The number of hydrogen-bond donors (Lipinski definition) is 0.